The number of imidazole rings is 1. The van der Waals surface area contributed by atoms with Crippen LogP contribution in [-0.2, 0) is 31.9 Å². The van der Waals surface area contributed by atoms with Crippen molar-refractivity contribution in [2.45, 2.75) is 117 Å². The molecule has 337 valence electrons. The van der Waals surface area contributed by atoms with Crippen LogP contribution in [0.3, 0.4) is 0 Å². The SMILES string of the molecule is [2H]C([2H])([2H])c1c[c-]c(-c2cc(C([2H])([2H])C(C)C)[c]([Ge]([CH3])([CH3])[CH3])cn2)cc1.[2H]C([2H])([2H])c1ccc2nc3oc4c(-c5nc6ccccc6n5-c5c(C(C)C)cc(C(C)(C)C)cc5C(C)C)[c-]ccc4c3cc2c1.[Ir]. The molecule has 0 atom stereocenters. The second-order valence-corrected chi connectivity index (χ2v) is 30.5. The van der Waals surface area contributed by atoms with Crippen molar-refractivity contribution < 1.29 is 35.5 Å². The number of aryl methyl sites for hydroxylation is 2. The van der Waals surface area contributed by atoms with Crippen LogP contribution >= 0.6 is 0 Å². The Balaban J connectivity index is 0.000000247. The molecule has 0 saturated heterocycles. The van der Waals surface area contributed by atoms with Crippen LogP contribution in [0.2, 0.25) is 17.3 Å². The Kier molecular flexibility index (Phi) is 11.1. The van der Waals surface area contributed by atoms with E-state index in [2.05, 4.69) is 118 Å². The van der Waals surface area contributed by atoms with E-state index in [1.807, 2.05) is 50.4 Å². The average Bonchev–Trinajstić information content (AvgIpc) is 3.87. The normalized spacial score (nSPS) is 14.6. The number of rotatable bonds is 8. The smallest absolute Gasteiger partial charge is 0.216 e. The minimum Gasteiger partial charge on any atom is -0.486 e. The number of nitrogens with zero attached hydrogens (tertiary/aromatic N) is 4. The number of para-hydroxylation sites is 2. The van der Waals surface area contributed by atoms with Crippen molar-refractivity contribution in [1.82, 2.24) is 19.5 Å². The maximum Gasteiger partial charge on any atom is 0.216 e. The second-order valence-electron chi connectivity index (χ2n) is 19.9. The summed E-state index contributed by atoms with van der Waals surface area (Å²) in [4.78, 5) is 14.6. The molecule has 0 spiro atoms. The fourth-order valence-electron chi connectivity index (χ4n) is 8.38. The van der Waals surface area contributed by atoms with Gasteiger partial charge in [-0.15, -0.1) is 18.2 Å². The van der Waals surface area contributed by atoms with Gasteiger partial charge in [-0.05, 0) is 71.1 Å². The van der Waals surface area contributed by atoms with Gasteiger partial charge in [-0.25, -0.2) is 4.98 Å². The minimum atomic E-state index is -2.32. The molecule has 4 aromatic heterocycles. The summed E-state index contributed by atoms with van der Waals surface area (Å²) >= 11 is -2.32. The molecule has 5 aromatic carbocycles. The van der Waals surface area contributed by atoms with E-state index in [1.165, 1.54) is 22.8 Å². The van der Waals surface area contributed by atoms with Crippen molar-refractivity contribution in [3.63, 3.8) is 0 Å². The molecule has 9 rings (SSSR count). The number of aromatic nitrogens is 4. The van der Waals surface area contributed by atoms with E-state index < -0.39 is 33.3 Å². The molecule has 0 unspecified atom stereocenters. The summed E-state index contributed by atoms with van der Waals surface area (Å²) in [6.45, 7) is 15.3. The van der Waals surface area contributed by atoms with Crippen molar-refractivity contribution in [3.8, 4) is 28.3 Å². The topological polar surface area (TPSA) is 56.7 Å². The second kappa shape index (κ2) is 18.8. The molecule has 7 heteroatoms. The van der Waals surface area contributed by atoms with Crippen molar-refractivity contribution in [2.75, 3.05) is 0 Å². The third-order valence-electron chi connectivity index (χ3n) is 11.7. The fourth-order valence-corrected chi connectivity index (χ4v) is 11.3. The van der Waals surface area contributed by atoms with Crippen LogP contribution in [-0.4, -0.2) is 32.8 Å². The molecule has 0 aliphatic carbocycles. The first-order valence-corrected chi connectivity index (χ1v) is 29.7. The number of hydrogen-bond donors (Lipinski definition) is 0. The summed E-state index contributed by atoms with van der Waals surface area (Å²) in [5.74, 6) is 7.82. The summed E-state index contributed by atoms with van der Waals surface area (Å²) < 4.78 is 73.1. The van der Waals surface area contributed by atoms with Gasteiger partial charge in [0.25, 0.3) is 0 Å². The van der Waals surface area contributed by atoms with E-state index >= 15 is 0 Å². The summed E-state index contributed by atoms with van der Waals surface area (Å²) in [7, 11) is 0. The zero-order valence-electron chi connectivity index (χ0n) is 47.6. The molecule has 0 aliphatic rings. The number of hydrogen-bond acceptors (Lipinski definition) is 4. The van der Waals surface area contributed by atoms with Crippen LogP contribution in [0, 0.1) is 31.8 Å². The molecule has 0 amide bonds. The largest absolute Gasteiger partial charge is 0.486 e. The average molecular weight is 1110 g/mol. The zero-order chi connectivity index (χ0) is 52.6. The maximum absolute atomic E-state index is 8.60. The summed E-state index contributed by atoms with van der Waals surface area (Å²) in [6.07, 6.45) is 0.362. The molecule has 4 heterocycles. The molecular formula is C58H64GeIrN4O-2. The van der Waals surface area contributed by atoms with Crippen LogP contribution in [0.4, 0.5) is 0 Å². The van der Waals surface area contributed by atoms with Gasteiger partial charge < -0.3 is 8.98 Å². The van der Waals surface area contributed by atoms with E-state index in [4.69, 9.17) is 25.4 Å². The van der Waals surface area contributed by atoms with E-state index in [0.29, 0.717) is 33.6 Å². The first-order chi connectivity index (χ1) is 33.5. The van der Waals surface area contributed by atoms with Crippen LogP contribution < -0.4 is 4.40 Å². The van der Waals surface area contributed by atoms with Gasteiger partial charge in [0.1, 0.15) is 0 Å². The van der Waals surface area contributed by atoms with Crippen LogP contribution in [0.5, 0.6) is 0 Å². The van der Waals surface area contributed by atoms with E-state index in [9.17, 15) is 0 Å². The standard InChI is InChI=1S/C39H38N3O.C19H26GeN.Ir/c1-22(2)29-20-26(39(6,7)8)21-30(23(3)4)35(29)42-34-15-10-9-14-33(34)40-37(42)28-13-11-12-27-31-19-25-18-24(5)16-17-32(25)41-38(31)43-36(27)28;1-14(2)11-17-12-19(16-9-7-15(3)8-10-16)21-13-18(17)20(4,5)6;/h9-12,14-23H,1-8H3;7-9,12-14H,11H2,1-6H3;/q2*-1;/i5D3;3D3,11D2;. The Labute approximate surface area is 414 Å². The number of benzene rings is 5. The molecular weight excluding hydrogens is 1030 g/mol. The van der Waals surface area contributed by atoms with Gasteiger partial charge in [-0.3, -0.25) is 4.98 Å². The Bertz CT molecular complexity index is 3460. The Hall–Kier alpha value is -4.88. The molecule has 0 bridgehead atoms. The predicted octanol–water partition coefficient (Wildman–Crippen LogP) is 15.4. The van der Waals surface area contributed by atoms with Crippen LogP contribution in [0.25, 0.3) is 72.3 Å². The molecule has 1 radical (unpaired) electrons. The monoisotopic (exact) mass is 1110 g/mol. The summed E-state index contributed by atoms with van der Waals surface area (Å²) in [5, 5.41) is 2.46. The molecule has 5 nitrogen and oxygen atoms in total. The van der Waals surface area contributed by atoms with Gasteiger partial charge >= 0.3 is 139 Å². The van der Waals surface area contributed by atoms with Crippen LogP contribution in [0.15, 0.2) is 108 Å². The number of pyridine rings is 2. The number of fused-ring (bicyclic) bond motifs is 5. The van der Waals surface area contributed by atoms with Gasteiger partial charge in [-0.2, -0.15) is 0 Å². The first-order valence-electron chi connectivity index (χ1n) is 26.3. The van der Waals surface area contributed by atoms with Crippen molar-refractivity contribution in [1.29, 1.82) is 0 Å². The van der Waals surface area contributed by atoms with Crippen LogP contribution in [0.1, 0.15) is 118 Å². The van der Waals surface area contributed by atoms with Gasteiger partial charge in [0.15, 0.2) is 0 Å². The zero-order valence-corrected chi connectivity index (χ0v) is 44.1. The Morgan fingerprint density at radius 2 is 1.49 bits per heavy atom. The predicted molar refractivity (Wildman–Crippen MR) is 274 cm³/mol. The van der Waals surface area contributed by atoms with Gasteiger partial charge in [0.2, 0.25) is 5.71 Å². The Morgan fingerprint density at radius 3 is 2.12 bits per heavy atom. The van der Waals surface area contributed by atoms with E-state index in [-0.39, 0.29) is 54.4 Å². The number of furan rings is 1. The van der Waals surface area contributed by atoms with E-state index in [1.54, 1.807) is 30.3 Å². The molecule has 65 heavy (non-hydrogen) atoms. The molecule has 9 aromatic rings. The maximum atomic E-state index is 8.60. The quantitative estimate of drug-likeness (QED) is 0.112. The fraction of sp³-hybridized carbons (Fsp3) is 0.328. The molecule has 0 aliphatic heterocycles. The van der Waals surface area contributed by atoms with Crippen molar-refractivity contribution >= 4 is 61.7 Å². The first kappa shape index (κ1) is 38.3. The molecule has 0 fully saturated rings. The molecule has 0 saturated carbocycles. The summed E-state index contributed by atoms with van der Waals surface area (Å²) in [6, 6.07) is 37.0. The van der Waals surface area contributed by atoms with E-state index in [0.717, 1.165) is 48.7 Å². The van der Waals surface area contributed by atoms with Crippen molar-refractivity contribution in [3.05, 3.63) is 149 Å². The van der Waals surface area contributed by atoms with Crippen molar-refractivity contribution in [2.24, 2.45) is 5.92 Å². The summed E-state index contributed by atoms with van der Waals surface area (Å²) in [5.41, 5.74) is 12.0. The minimum absolute atomic E-state index is 0. The third-order valence-corrected chi connectivity index (χ3v) is 16.0. The Morgan fingerprint density at radius 1 is 0.785 bits per heavy atom. The third kappa shape index (κ3) is 9.83. The van der Waals surface area contributed by atoms with Gasteiger partial charge in [0, 0.05) is 40.7 Å². The van der Waals surface area contributed by atoms with Gasteiger partial charge in [-0.1, -0.05) is 95.3 Å². The van der Waals surface area contributed by atoms with Gasteiger partial charge in [0.05, 0.1) is 28.0 Å². The molecule has 0 N–H and O–H groups in total.